The first-order valence-electron chi connectivity index (χ1n) is 5.30. The third-order valence-corrected chi connectivity index (χ3v) is 2.39. The fourth-order valence-electron chi connectivity index (χ4n) is 1.47. The van der Waals surface area contributed by atoms with Crippen LogP contribution in [0, 0.1) is 5.21 Å². The van der Waals surface area contributed by atoms with E-state index in [1.807, 2.05) is 42.5 Å². The lowest BCUT2D eigenvalue weighted by atomic mass is 10.2. The highest BCUT2D eigenvalue weighted by molar-refractivity contribution is 5.76. The van der Waals surface area contributed by atoms with E-state index in [0.29, 0.717) is 5.69 Å². The molecule has 0 N–H and O–H groups in total. The first kappa shape index (κ1) is 11.2. The lowest BCUT2D eigenvalue weighted by molar-refractivity contribution is -0.354. The lowest BCUT2D eigenvalue weighted by Crippen LogP contribution is -1.98. The summed E-state index contributed by atoms with van der Waals surface area (Å²) in [6.07, 6.45) is 1.54. The standard InChI is InChI=1S/C14H13NO2/c1-17-14-9-7-12(8-10-14)11-15(16)13-5-3-2-4-6-13/h2-11H,1H3/b15-11-. The van der Waals surface area contributed by atoms with Crippen LogP contribution in [0.3, 0.4) is 0 Å². The molecule has 0 amide bonds. The Balaban J connectivity index is 2.23. The van der Waals surface area contributed by atoms with Gasteiger partial charge in [-0.15, -0.1) is 0 Å². The second-order valence-corrected chi connectivity index (χ2v) is 3.56. The number of methoxy groups -OCH3 is 1. The van der Waals surface area contributed by atoms with E-state index in [2.05, 4.69) is 0 Å². The molecule has 0 unspecified atom stereocenters. The normalized spacial score (nSPS) is 11.2. The number of ether oxygens (including phenoxy) is 1. The zero-order valence-electron chi connectivity index (χ0n) is 9.54. The number of rotatable bonds is 3. The molecule has 86 valence electrons. The van der Waals surface area contributed by atoms with Crippen molar-refractivity contribution in [2.24, 2.45) is 0 Å². The Bertz CT molecular complexity index is 504. The van der Waals surface area contributed by atoms with Gasteiger partial charge in [-0.25, -0.2) is 0 Å². The average Bonchev–Trinajstić information content (AvgIpc) is 2.40. The number of nitrogens with zero attached hydrogens (tertiary/aromatic N) is 1. The summed E-state index contributed by atoms with van der Waals surface area (Å²) < 4.78 is 5.90. The van der Waals surface area contributed by atoms with E-state index in [4.69, 9.17) is 4.74 Å². The quantitative estimate of drug-likeness (QED) is 0.350. The van der Waals surface area contributed by atoms with Crippen LogP contribution < -0.4 is 4.74 Å². The summed E-state index contributed by atoms with van der Waals surface area (Å²) in [6.45, 7) is 0. The minimum Gasteiger partial charge on any atom is -0.618 e. The van der Waals surface area contributed by atoms with E-state index >= 15 is 0 Å². The van der Waals surface area contributed by atoms with E-state index in [1.54, 1.807) is 19.2 Å². The van der Waals surface area contributed by atoms with E-state index in [9.17, 15) is 5.21 Å². The molecule has 3 nitrogen and oxygen atoms in total. The first-order chi connectivity index (χ1) is 8.29. The van der Waals surface area contributed by atoms with Gasteiger partial charge in [0.25, 0.3) is 0 Å². The van der Waals surface area contributed by atoms with Crippen LogP contribution >= 0.6 is 0 Å². The van der Waals surface area contributed by atoms with E-state index in [1.165, 1.54) is 6.21 Å². The Kier molecular flexibility index (Phi) is 3.40. The minimum atomic E-state index is 0.614. The van der Waals surface area contributed by atoms with Crippen molar-refractivity contribution in [3.8, 4) is 5.75 Å². The summed E-state index contributed by atoms with van der Waals surface area (Å²) in [7, 11) is 1.61. The highest BCUT2D eigenvalue weighted by Crippen LogP contribution is 2.12. The minimum absolute atomic E-state index is 0.614. The smallest absolute Gasteiger partial charge is 0.216 e. The average molecular weight is 227 g/mol. The van der Waals surface area contributed by atoms with Crippen molar-refractivity contribution < 1.29 is 9.48 Å². The fraction of sp³-hybridized carbons (Fsp3) is 0.0714. The van der Waals surface area contributed by atoms with Crippen LogP contribution in [0.25, 0.3) is 0 Å². The molecule has 0 aliphatic rings. The fourth-order valence-corrected chi connectivity index (χ4v) is 1.47. The van der Waals surface area contributed by atoms with Gasteiger partial charge in [0.1, 0.15) is 5.75 Å². The predicted octanol–water partition coefficient (Wildman–Crippen LogP) is 2.96. The summed E-state index contributed by atoms with van der Waals surface area (Å²) in [5, 5.41) is 11.8. The maximum Gasteiger partial charge on any atom is 0.216 e. The molecule has 0 spiro atoms. The summed E-state index contributed by atoms with van der Waals surface area (Å²) in [5.74, 6) is 0.777. The number of benzene rings is 2. The molecule has 0 atom stereocenters. The van der Waals surface area contributed by atoms with E-state index < -0.39 is 0 Å². The van der Waals surface area contributed by atoms with Gasteiger partial charge in [-0.2, -0.15) is 4.74 Å². The Labute approximate surface area is 100 Å². The van der Waals surface area contributed by atoms with E-state index in [-0.39, 0.29) is 0 Å². The molecule has 3 heteroatoms. The van der Waals surface area contributed by atoms with Crippen molar-refractivity contribution in [3.05, 3.63) is 65.4 Å². The van der Waals surface area contributed by atoms with Crippen LogP contribution in [0.1, 0.15) is 5.56 Å². The largest absolute Gasteiger partial charge is 0.618 e. The zero-order chi connectivity index (χ0) is 12.1. The summed E-state index contributed by atoms with van der Waals surface area (Å²) in [4.78, 5) is 0. The van der Waals surface area contributed by atoms with Crippen LogP contribution in [0.15, 0.2) is 54.6 Å². The molecular weight excluding hydrogens is 214 g/mol. The molecule has 0 heterocycles. The van der Waals surface area contributed by atoms with E-state index in [0.717, 1.165) is 16.1 Å². The topological polar surface area (TPSA) is 35.3 Å². The zero-order valence-corrected chi connectivity index (χ0v) is 9.54. The molecule has 0 fully saturated rings. The molecule has 2 aromatic carbocycles. The Morgan fingerprint density at radius 1 is 1.00 bits per heavy atom. The molecule has 0 aliphatic carbocycles. The molecule has 2 aromatic rings. The Morgan fingerprint density at radius 2 is 1.65 bits per heavy atom. The van der Waals surface area contributed by atoms with Crippen molar-refractivity contribution >= 4 is 11.9 Å². The number of hydrogen-bond acceptors (Lipinski definition) is 2. The van der Waals surface area contributed by atoms with Crippen molar-refractivity contribution in [2.75, 3.05) is 7.11 Å². The van der Waals surface area contributed by atoms with Crippen molar-refractivity contribution in [3.63, 3.8) is 0 Å². The summed E-state index contributed by atoms with van der Waals surface area (Å²) in [5.41, 5.74) is 1.45. The van der Waals surface area contributed by atoms with Crippen LogP contribution in [-0.4, -0.2) is 18.1 Å². The molecule has 0 radical (unpaired) electrons. The van der Waals surface area contributed by atoms with Gasteiger partial charge < -0.3 is 9.94 Å². The third kappa shape index (κ3) is 2.84. The van der Waals surface area contributed by atoms with Gasteiger partial charge in [-0.1, -0.05) is 18.2 Å². The highest BCUT2D eigenvalue weighted by Gasteiger charge is 2.00. The molecule has 0 bridgehead atoms. The number of hydrogen-bond donors (Lipinski definition) is 0. The lowest BCUT2D eigenvalue weighted by Gasteiger charge is -2.03. The monoisotopic (exact) mass is 227 g/mol. The Morgan fingerprint density at radius 3 is 2.24 bits per heavy atom. The first-order valence-corrected chi connectivity index (χ1v) is 5.30. The van der Waals surface area contributed by atoms with Crippen molar-refractivity contribution in [1.29, 1.82) is 0 Å². The van der Waals surface area contributed by atoms with Crippen molar-refractivity contribution in [2.45, 2.75) is 0 Å². The highest BCUT2D eigenvalue weighted by atomic mass is 16.5. The summed E-state index contributed by atoms with van der Waals surface area (Å²) in [6, 6.07) is 16.4. The predicted molar refractivity (Wildman–Crippen MR) is 67.9 cm³/mol. The van der Waals surface area contributed by atoms with Gasteiger partial charge in [0.2, 0.25) is 5.69 Å². The molecular formula is C14H13NO2. The second-order valence-electron chi connectivity index (χ2n) is 3.56. The van der Waals surface area contributed by atoms with Crippen molar-refractivity contribution in [1.82, 2.24) is 0 Å². The third-order valence-electron chi connectivity index (χ3n) is 2.39. The maximum absolute atomic E-state index is 11.8. The van der Waals surface area contributed by atoms with Crippen LogP contribution in [0.4, 0.5) is 5.69 Å². The van der Waals surface area contributed by atoms with Gasteiger partial charge in [0.15, 0.2) is 6.21 Å². The molecule has 0 saturated carbocycles. The molecule has 0 aromatic heterocycles. The van der Waals surface area contributed by atoms with Gasteiger partial charge in [0, 0.05) is 17.7 Å². The van der Waals surface area contributed by atoms with Gasteiger partial charge in [0.05, 0.1) is 7.11 Å². The van der Waals surface area contributed by atoms with Gasteiger partial charge >= 0.3 is 0 Å². The molecule has 0 aliphatic heterocycles. The molecule has 2 rings (SSSR count). The summed E-state index contributed by atoms with van der Waals surface area (Å²) >= 11 is 0. The van der Waals surface area contributed by atoms with Crippen LogP contribution in [0.2, 0.25) is 0 Å². The Hall–Kier alpha value is -2.29. The van der Waals surface area contributed by atoms with Crippen LogP contribution in [-0.2, 0) is 0 Å². The van der Waals surface area contributed by atoms with Crippen LogP contribution in [0.5, 0.6) is 5.75 Å². The molecule has 17 heavy (non-hydrogen) atoms. The second kappa shape index (κ2) is 5.16. The van der Waals surface area contributed by atoms with Gasteiger partial charge in [-0.05, 0) is 24.3 Å². The molecule has 0 saturated heterocycles. The number of para-hydroxylation sites is 1. The van der Waals surface area contributed by atoms with Gasteiger partial charge in [-0.3, -0.25) is 0 Å². The maximum atomic E-state index is 11.8. The SMILES string of the molecule is COc1ccc(/C=[N+](\[O-])c2ccccc2)cc1.